The molecule has 0 amide bonds. The highest BCUT2D eigenvalue weighted by Crippen LogP contribution is 2.30. The van der Waals surface area contributed by atoms with Crippen molar-refractivity contribution in [1.29, 1.82) is 0 Å². The van der Waals surface area contributed by atoms with E-state index < -0.39 is 0 Å². The van der Waals surface area contributed by atoms with E-state index in [0.29, 0.717) is 11.5 Å². The summed E-state index contributed by atoms with van der Waals surface area (Å²) in [6.45, 7) is 1.84. The van der Waals surface area contributed by atoms with Crippen LogP contribution in [0, 0.1) is 0 Å². The van der Waals surface area contributed by atoms with Crippen molar-refractivity contribution in [3.8, 4) is 0 Å². The van der Waals surface area contributed by atoms with Crippen LogP contribution in [0.15, 0.2) is 35.2 Å². The number of ether oxygens (including phenoxy) is 1. The third-order valence-electron chi connectivity index (χ3n) is 3.23. The molecule has 1 aromatic carbocycles. The van der Waals surface area contributed by atoms with Crippen LogP contribution in [0.25, 0.3) is 0 Å². The molecule has 2 N–H and O–H groups in total. The number of carbonyl (C=O) groups excluding carboxylic acids is 1. The maximum Gasteiger partial charge on any atom is 0.348 e. The number of carbonyl (C=O) groups is 1. The van der Waals surface area contributed by atoms with Crippen LogP contribution in [-0.4, -0.2) is 18.9 Å². The Morgan fingerprint density at radius 3 is 2.90 bits per heavy atom. The lowest BCUT2D eigenvalue weighted by Gasteiger charge is -2.13. The van der Waals surface area contributed by atoms with Crippen molar-refractivity contribution >= 4 is 34.1 Å². The molecule has 0 unspecified atom stereocenters. The predicted molar refractivity (Wildman–Crippen MR) is 87.0 cm³/mol. The number of esters is 1. The lowest BCUT2D eigenvalue weighted by molar-refractivity contribution is 0.0478. The van der Waals surface area contributed by atoms with Gasteiger partial charge in [0.15, 0.2) is 0 Å². The molecule has 0 spiro atoms. The van der Waals surface area contributed by atoms with Crippen LogP contribution in [0.3, 0.4) is 0 Å². The van der Waals surface area contributed by atoms with E-state index in [2.05, 4.69) is 10.6 Å². The highest BCUT2D eigenvalue weighted by Gasteiger charge is 2.17. The quantitative estimate of drug-likeness (QED) is 0.669. The molecule has 2 aromatic rings. The van der Waals surface area contributed by atoms with Gasteiger partial charge in [0, 0.05) is 17.0 Å². The molecule has 21 heavy (non-hydrogen) atoms. The molecule has 0 saturated heterocycles. The second-order valence-electron chi connectivity index (χ2n) is 4.67. The minimum Gasteiger partial charge on any atom is -0.457 e. The van der Waals surface area contributed by atoms with Crippen LogP contribution in [0.5, 0.6) is 0 Å². The molecule has 0 atom stereocenters. The van der Waals surface area contributed by atoms with Gasteiger partial charge in [0.05, 0.1) is 11.7 Å². The van der Waals surface area contributed by atoms with E-state index in [9.17, 15) is 4.79 Å². The largest absolute Gasteiger partial charge is 0.457 e. The zero-order chi connectivity index (χ0) is 14.7. The Bertz CT molecular complexity index is 614. The molecule has 110 valence electrons. The van der Waals surface area contributed by atoms with Gasteiger partial charge in [0.2, 0.25) is 0 Å². The lowest BCUT2D eigenvalue weighted by atomic mass is 10.2. The molecule has 0 saturated carbocycles. The predicted octanol–water partition coefficient (Wildman–Crippen LogP) is 3.30. The number of thioether (sulfide) groups is 1. The summed E-state index contributed by atoms with van der Waals surface area (Å²) in [5.41, 5.74) is 2.13. The zero-order valence-corrected chi connectivity index (χ0v) is 13.3. The van der Waals surface area contributed by atoms with Crippen LogP contribution in [0.2, 0.25) is 0 Å². The van der Waals surface area contributed by atoms with Gasteiger partial charge >= 0.3 is 5.97 Å². The van der Waals surface area contributed by atoms with E-state index in [1.807, 2.05) is 36.6 Å². The standard InChI is InChI=1S/C15H16N2O2S2/c1-20-12-4-2-10(3-5-12)8-19-15(18)13-6-11-7-16-9-17-14(11)21-13/h2-6,16-17H,7-9H2,1H3. The Balaban J connectivity index is 1.61. The molecule has 0 aliphatic carbocycles. The molecule has 3 rings (SSSR count). The van der Waals surface area contributed by atoms with Crippen molar-refractivity contribution in [1.82, 2.24) is 5.32 Å². The number of hydrogen-bond donors (Lipinski definition) is 2. The number of hydrogen-bond acceptors (Lipinski definition) is 6. The highest BCUT2D eigenvalue weighted by molar-refractivity contribution is 7.98. The van der Waals surface area contributed by atoms with Gasteiger partial charge < -0.3 is 10.1 Å². The average molecular weight is 320 g/mol. The van der Waals surface area contributed by atoms with Crippen molar-refractivity contribution in [2.75, 3.05) is 18.2 Å². The highest BCUT2D eigenvalue weighted by atomic mass is 32.2. The maximum absolute atomic E-state index is 12.1. The molecule has 0 bridgehead atoms. The average Bonchev–Trinajstić information content (AvgIpc) is 2.97. The fraction of sp³-hybridized carbons (Fsp3) is 0.267. The van der Waals surface area contributed by atoms with Crippen LogP contribution >= 0.6 is 23.1 Å². The summed E-state index contributed by atoms with van der Waals surface area (Å²) < 4.78 is 5.38. The number of nitrogens with one attached hydrogen (secondary N) is 2. The van der Waals surface area contributed by atoms with Gasteiger partial charge in [-0.15, -0.1) is 23.1 Å². The Kier molecular flexibility index (Phi) is 4.48. The van der Waals surface area contributed by atoms with E-state index >= 15 is 0 Å². The van der Waals surface area contributed by atoms with E-state index in [-0.39, 0.29) is 5.97 Å². The normalized spacial score (nSPS) is 13.4. The Hall–Kier alpha value is -1.50. The summed E-state index contributed by atoms with van der Waals surface area (Å²) in [5.74, 6) is -0.259. The number of benzene rings is 1. The fourth-order valence-corrected chi connectivity index (χ4v) is 3.47. The van der Waals surface area contributed by atoms with Crippen molar-refractivity contribution in [2.45, 2.75) is 18.0 Å². The summed E-state index contributed by atoms with van der Waals surface area (Å²) in [4.78, 5) is 13.9. The van der Waals surface area contributed by atoms with Crippen molar-refractivity contribution < 1.29 is 9.53 Å². The van der Waals surface area contributed by atoms with Gasteiger partial charge in [-0.05, 0) is 30.0 Å². The molecule has 4 nitrogen and oxygen atoms in total. The van der Waals surface area contributed by atoms with Gasteiger partial charge in [-0.2, -0.15) is 0 Å². The summed E-state index contributed by atoms with van der Waals surface area (Å²) in [7, 11) is 0. The Labute approximate surface area is 131 Å². The number of fused-ring (bicyclic) bond motifs is 1. The molecule has 1 aromatic heterocycles. The lowest BCUT2D eigenvalue weighted by Crippen LogP contribution is -2.26. The minimum atomic E-state index is -0.259. The summed E-state index contributed by atoms with van der Waals surface area (Å²) >= 11 is 3.15. The minimum absolute atomic E-state index is 0.259. The summed E-state index contributed by atoms with van der Waals surface area (Å²) in [6.07, 6.45) is 2.04. The second-order valence-corrected chi connectivity index (χ2v) is 6.60. The third kappa shape index (κ3) is 3.40. The smallest absolute Gasteiger partial charge is 0.348 e. The fourth-order valence-electron chi connectivity index (χ4n) is 2.09. The zero-order valence-electron chi connectivity index (χ0n) is 11.6. The van der Waals surface area contributed by atoms with Crippen LogP contribution in [0.1, 0.15) is 20.8 Å². The van der Waals surface area contributed by atoms with Gasteiger partial charge in [0.1, 0.15) is 11.5 Å². The summed E-state index contributed by atoms with van der Waals surface area (Å²) in [6, 6.07) is 9.95. The van der Waals surface area contributed by atoms with Crippen molar-refractivity contribution in [3.05, 3.63) is 46.3 Å². The first kappa shape index (κ1) is 14.4. The molecule has 2 heterocycles. The van der Waals surface area contributed by atoms with Crippen LogP contribution < -0.4 is 10.6 Å². The first-order valence-corrected chi connectivity index (χ1v) is 8.68. The van der Waals surface area contributed by atoms with E-state index in [1.165, 1.54) is 16.2 Å². The Morgan fingerprint density at radius 2 is 2.19 bits per heavy atom. The van der Waals surface area contributed by atoms with E-state index in [1.54, 1.807) is 11.8 Å². The molecule has 1 aliphatic rings. The molecular weight excluding hydrogens is 304 g/mol. The summed E-state index contributed by atoms with van der Waals surface area (Å²) in [5, 5.41) is 7.49. The maximum atomic E-state index is 12.1. The van der Waals surface area contributed by atoms with Crippen LogP contribution in [0.4, 0.5) is 5.00 Å². The molecule has 0 radical (unpaired) electrons. The van der Waals surface area contributed by atoms with E-state index in [0.717, 1.165) is 29.3 Å². The number of anilines is 1. The number of rotatable bonds is 4. The monoisotopic (exact) mass is 320 g/mol. The molecular formula is C15H16N2O2S2. The molecule has 6 heteroatoms. The van der Waals surface area contributed by atoms with Crippen molar-refractivity contribution in [2.24, 2.45) is 0 Å². The van der Waals surface area contributed by atoms with Gasteiger partial charge in [0.25, 0.3) is 0 Å². The second kappa shape index (κ2) is 6.51. The third-order valence-corrected chi connectivity index (χ3v) is 5.09. The van der Waals surface area contributed by atoms with E-state index in [4.69, 9.17) is 4.74 Å². The number of thiophene rings is 1. The van der Waals surface area contributed by atoms with Crippen molar-refractivity contribution in [3.63, 3.8) is 0 Å². The topological polar surface area (TPSA) is 50.4 Å². The molecule has 1 aliphatic heterocycles. The Morgan fingerprint density at radius 1 is 1.38 bits per heavy atom. The van der Waals surface area contributed by atoms with Gasteiger partial charge in [-0.1, -0.05) is 12.1 Å². The van der Waals surface area contributed by atoms with Gasteiger partial charge in [-0.3, -0.25) is 5.32 Å². The SMILES string of the molecule is CSc1ccc(COC(=O)c2cc3c(s2)NCNC3)cc1. The first-order valence-electron chi connectivity index (χ1n) is 6.63. The van der Waals surface area contributed by atoms with Crippen LogP contribution in [-0.2, 0) is 17.9 Å². The molecule has 0 fully saturated rings. The van der Waals surface area contributed by atoms with Gasteiger partial charge in [-0.25, -0.2) is 4.79 Å². The first-order chi connectivity index (χ1) is 10.3.